The molecule has 0 amide bonds. The molecule has 0 atom stereocenters. The van der Waals surface area contributed by atoms with Crippen LogP contribution >= 0.6 is 0 Å². The maximum Gasteiger partial charge on any atom is 0.377 e. The van der Waals surface area contributed by atoms with Gasteiger partial charge < -0.3 is 18.9 Å². The zero-order valence-corrected chi connectivity index (χ0v) is 13.8. The van der Waals surface area contributed by atoms with E-state index in [1.54, 1.807) is 19.2 Å². The van der Waals surface area contributed by atoms with Gasteiger partial charge in [0.25, 0.3) is 0 Å². The second-order valence-corrected chi connectivity index (χ2v) is 5.09. The Morgan fingerprint density at radius 1 is 1.09 bits per heavy atom. The molecule has 0 saturated heterocycles. The summed E-state index contributed by atoms with van der Waals surface area (Å²) in [5, 5.41) is 0. The van der Waals surface area contributed by atoms with Crippen LogP contribution in [0.15, 0.2) is 30.0 Å². The van der Waals surface area contributed by atoms with E-state index in [0.29, 0.717) is 23.8 Å². The molecule has 1 aromatic rings. The molecule has 1 aromatic carbocycles. The third-order valence-corrected chi connectivity index (χ3v) is 3.08. The summed E-state index contributed by atoms with van der Waals surface area (Å²) in [6, 6.07) is 7.24. The molecule has 0 N–H and O–H groups in total. The molecule has 5 nitrogen and oxygen atoms in total. The van der Waals surface area contributed by atoms with Gasteiger partial charge in [-0.2, -0.15) is 0 Å². The van der Waals surface area contributed by atoms with E-state index in [4.69, 9.17) is 18.9 Å². The molecule has 0 bridgehead atoms. The third-order valence-electron chi connectivity index (χ3n) is 3.08. The molecule has 0 aliphatic rings. The van der Waals surface area contributed by atoms with Crippen molar-refractivity contribution in [1.29, 1.82) is 0 Å². The standard InChI is InChI=1S/C17H24O5/c1-12(2)10-11-22-17(18)16(21-5)15(20-4)13-8-6-7-9-14(13)19-3/h6-9,12H,10-11H2,1-5H3. The van der Waals surface area contributed by atoms with Crippen LogP contribution in [-0.4, -0.2) is 33.9 Å². The number of esters is 1. The van der Waals surface area contributed by atoms with E-state index < -0.39 is 5.97 Å². The molecule has 0 spiro atoms. The normalized spacial score (nSPS) is 11.7. The van der Waals surface area contributed by atoms with Crippen LogP contribution in [0, 0.1) is 5.92 Å². The van der Waals surface area contributed by atoms with E-state index in [9.17, 15) is 4.79 Å². The molecule has 0 aliphatic carbocycles. The molecule has 22 heavy (non-hydrogen) atoms. The summed E-state index contributed by atoms with van der Waals surface area (Å²) < 4.78 is 21.1. The number of carbonyl (C=O) groups is 1. The first kappa shape index (κ1) is 17.9. The van der Waals surface area contributed by atoms with Crippen LogP contribution < -0.4 is 4.74 Å². The first-order valence-electron chi connectivity index (χ1n) is 7.17. The van der Waals surface area contributed by atoms with Crippen molar-refractivity contribution in [2.45, 2.75) is 20.3 Å². The minimum atomic E-state index is -0.550. The van der Waals surface area contributed by atoms with Crippen molar-refractivity contribution < 1.29 is 23.7 Å². The summed E-state index contributed by atoms with van der Waals surface area (Å²) in [4.78, 5) is 12.2. The van der Waals surface area contributed by atoms with Gasteiger partial charge in [0.05, 0.1) is 33.5 Å². The Morgan fingerprint density at radius 3 is 2.32 bits per heavy atom. The molecule has 1 rings (SSSR count). The average molecular weight is 308 g/mol. The van der Waals surface area contributed by atoms with Gasteiger partial charge in [-0.1, -0.05) is 26.0 Å². The smallest absolute Gasteiger partial charge is 0.377 e. The quantitative estimate of drug-likeness (QED) is 0.419. The van der Waals surface area contributed by atoms with E-state index in [-0.39, 0.29) is 11.5 Å². The van der Waals surface area contributed by atoms with Crippen molar-refractivity contribution in [3.8, 4) is 5.75 Å². The molecular formula is C17H24O5. The number of ether oxygens (including phenoxy) is 4. The largest absolute Gasteiger partial charge is 0.496 e. The van der Waals surface area contributed by atoms with Gasteiger partial charge in [-0.05, 0) is 24.5 Å². The van der Waals surface area contributed by atoms with Crippen LogP contribution in [0.5, 0.6) is 5.75 Å². The van der Waals surface area contributed by atoms with Crippen molar-refractivity contribution in [3.05, 3.63) is 35.6 Å². The number of rotatable bonds is 8. The number of hydrogen-bond acceptors (Lipinski definition) is 5. The number of carbonyl (C=O) groups excluding carboxylic acids is 1. The molecule has 0 saturated carbocycles. The van der Waals surface area contributed by atoms with Crippen molar-refractivity contribution in [3.63, 3.8) is 0 Å². The van der Waals surface area contributed by atoms with Crippen LogP contribution in [-0.2, 0) is 19.0 Å². The maximum atomic E-state index is 12.2. The summed E-state index contributed by atoms with van der Waals surface area (Å²) in [5.74, 6) is 0.805. The van der Waals surface area contributed by atoms with Crippen molar-refractivity contribution in [2.24, 2.45) is 5.92 Å². The highest BCUT2D eigenvalue weighted by atomic mass is 16.6. The molecule has 0 aromatic heterocycles. The summed E-state index contributed by atoms with van der Waals surface area (Å²) in [7, 11) is 4.44. The maximum absolute atomic E-state index is 12.2. The van der Waals surface area contributed by atoms with E-state index >= 15 is 0 Å². The van der Waals surface area contributed by atoms with Crippen LogP contribution in [0.1, 0.15) is 25.8 Å². The van der Waals surface area contributed by atoms with E-state index in [1.807, 2.05) is 12.1 Å². The van der Waals surface area contributed by atoms with Crippen molar-refractivity contribution in [2.75, 3.05) is 27.9 Å². The second-order valence-electron chi connectivity index (χ2n) is 5.09. The molecule has 0 heterocycles. The molecule has 122 valence electrons. The Hall–Kier alpha value is -2.17. The Labute approximate surface area is 131 Å². The summed E-state index contributed by atoms with van der Waals surface area (Å²) >= 11 is 0. The highest BCUT2D eigenvalue weighted by Gasteiger charge is 2.22. The van der Waals surface area contributed by atoms with Gasteiger partial charge in [0.15, 0.2) is 5.76 Å². The van der Waals surface area contributed by atoms with Gasteiger partial charge in [-0.15, -0.1) is 0 Å². The molecule has 0 aliphatic heterocycles. The average Bonchev–Trinajstić information content (AvgIpc) is 2.51. The summed E-state index contributed by atoms with van der Waals surface area (Å²) in [5.41, 5.74) is 0.630. The number of benzene rings is 1. The Morgan fingerprint density at radius 2 is 1.77 bits per heavy atom. The zero-order chi connectivity index (χ0) is 16.5. The molecular weight excluding hydrogens is 284 g/mol. The van der Waals surface area contributed by atoms with E-state index in [2.05, 4.69) is 13.8 Å². The summed E-state index contributed by atoms with van der Waals surface area (Å²) in [6.07, 6.45) is 0.791. The van der Waals surface area contributed by atoms with Gasteiger partial charge in [0.1, 0.15) is 5.75 Å². The Balaban J connectivity index is 3.08. The Bertz CT molecular complexity index is 520. The predicted molar refractivity (Wildman–Crippen MR) is 84.3 cm³/mol. The third kappa shape index (κ3) is 4.69. The van der Waals surface area contributed by atoms with Gasteiger partial charge in [0, 0.05) is 0 Å². The molecule has 0 unspecified atom stereocenters. The van der Waals surface area contributed by atoms with Crippen LogP contribution in [0.2, 0.25) is 0 Å². The number of hydrogen-bond donors (Lipinski definition) is 0. The minimum absolute atomic E-state index is 0.0238. The Kier molecular flexibility index (Phi) is 7.29. The fraction of sp³-hybridized carbons (Fsp3) is 0.471. The highest BCUT2D eigenvalue weighted by molar-refractivity contribution is 5.94. The van der Waals surface area contributed by atoms with Crippen LogP contribution in [0.4, 0.5) is 0 Å². The lowest BCUT2D eigenvalue weighted by Crippen LogP contribution is -2.14. The van der Waals surface area contributed by atoms with Gasteiger partial charge in [0.2, 0.25) is 5.76 Å². The van der Waals surface area contributed by atoms with E-state index in [0.717, 1.165) is 6.42 Å². The highest BCUT2D eigenvalue weighted by Crippen LogP contribution is 2.29. The minimum Gasteiger partial charge on any atom is -0.496 e. The zero-order valence-electron chi connectivity index (χ0n) is 13.8. The molecule has 0 fully saturated rings. The van der Waals surface area contributed by atoms with Crippen molar-refractivity contribution >= 4 is 11.7 Å². The second kappa shape index (κ2) is 8.97. The lowest BCUT2D eigenvalue weighted by Gasteiger charge is -2.15. The number of methoxy groups -OCH3 is 3. The van der Waals surface area contributed by atoms with Gasteiger partial charge >= 0.3 is 5.97 Å². The van der Waals surface area contributed by atoms with E-state index in [1.165, 1.54) is 14.2 Å². The molecule has 5 heteroatoms. The first-order valence-corrected chi connectivity index (χ1v) is 7.17. The lowest BCUT2D eigenvalue weighted by molar-refractivity contribution is -0.142. The van der Waals surface area contributed by atoms with Crippen LogP contribution in [0.25, 0.3) is 5.76 Å². The first-order chi connectivity index (χ1) is 10.5. The summed E-state index contributed by atoms with van der Waals surface area (Å²) in [6.45, 7) is 4.47. The predicted octanol–water partition coefficient (Wildman–Crippen LogP) is 3.25. The molecule has 0 radical (unpaired) electrons. The monoisotopic (exact) mass is 308 g/mol. The topological polar surface area (TPSA) is 54.0 Å². The fourth-order valence-electron chi connectivity index (χ4n) is 1.88. The van der Waals surface area contributed by atoms with Gasteiger partial charge in [-0.25, -0.2) is 4.79 Å². The van der Waals surface area contributed by atoms with Gasteiger partial charge in [-0.3, -0.25) is 0 Å². The fourth-order valence-corrected chi connectivity index (χ4v) is 1.88. The number of para-hydroxylation sites is 1. The SMILES string of the molecule is COC(C(=O)OCCC(C)C)=C(OC)c1ccccc1OC. The lowest BCUT2D eigenvalue weighted by atomic mass is 10.1. The van der Waals surface area contributed by atoms with Crippen LogP contribution in [0.3, 0.4) is 0 Å². The van der Waals surface area contributed by atoms with Crippen molar-refractivity contribution in [1.82, 2.24) is 0 Å².